The second kappa shape index (κ2) is 9.62. The number of hydrogen-bond acceptors (Lipinski definition) is 2. The normalized spacial score (nSPS) is 14.1. The minimum Gasteiger partial charge on any atom is -0.367 e. The summed E-state index contributed by atoms with van der Waals surface area (Å²) in [6.07, 6.45) is 4.26. The molecule has 0 saturated carbocycles. The van der Waals surface area contributed by atoms with Gasteiger partial charge in [0.2, 0.25) is 0 Å². The van der Waals surface area contributed by atoms with Crippen molar-refractivity contribution in [3.63, 3.8) is 0 Å². The predicted octanol–water partition coefficient (Wildman–Crippen LogP) is 5.39. The number of carbonyl (C=O) groups excluding carboxylic acids is 1. The summed E-state index contributed by atoms with van der Waals surface area (Å²) in [4.78, 5) is 15.1. The van der Waals surface area contributed by atoms with E-state index < -0.39 is 0 Å². The molecule has 1 aliphatic rings. The highest BCUT2D eigenvalue weighted by molar-refractivity contribution is 5.94. The molecule has 3 nitrogen and oxygen atoms in total. The zero-order valence-electron chi connectivity index (χ0n) is 17.7. The summed E-state index contributed by atoms with van der Waals surface area (Å²) in [6.45, 7) is 4.04. The molecule has 0 bridgehead atoms. The van der Waals surface area contributed by atoms with E-state index >= 15 is 0 Å². The number of benzene rings is 3. The van der Waals surface area contributed by atoms with E-state index in [9.17, 15) is 4.79 Å². The molecule has 1 aliphatic heterocycles. The summed E-state index contributed by atoms with van der Waals surface area (Å²) in [6, 6.07) is 27.3. The van der Waals surface area contributed by atoms with Crippen molar-refractivity contribution in [1.29, 1.82) is 0 Å². The van der Waals surface area contributed by atoms with Crippen LogP contribution in [-0.2, 0) is 19.4 Å². The van der Waals surface area contributed by atoms with Crippen molar-refractivity contribution >= 4 is 11.6 Å². The van der Waals surface area contributed by atoms with E-state index in [1.54, 1.807) is 0 Å². The molecule has 30 heavy (non-hydrogen) atoms. The number of fused-ring (bicyclic) bond motifs is 1. The lowest BCUT2D eigenvalue weighted by Crippen LogP contribution is -2.33. The van der Waals surface area contributed by atoms with Crippen molar-refractivity contribution < 1.29 is 4.79 Å². The third-order valence-electron chi connectivity index (χ3n) is 5.88. The van der Waals surface area contributed by atoms with Gasteiger partial charge in [0, 0.05) is 30.4 Å². The van der Waals surface area contributed by atoms with Crippen LogP contribution in [0.4, 0.5) is 5.69 Å². The summed E-state index contributed by atoms with van der Waals surface area (Å²) in [5, 5.41) is 3.13. The quantitative estimate of drug-likeness (QED) is 0.579. The van der Waals surface area contributed by atoms with Crippen LogP contribution in [0.1, 0.15) is 46.8 Å². The Bertz CT molecular complexity index is 966. The number of nitrogens with zero attached hydrogens (tertiary/aromatic N) is 1. The molecule has 0 fully saturated rings. The van der Waals surface area contributed by atoms with E-state index in [1.165, 1.54) is 28.8 Å². The highest BCUT2D eigenvalue weighted by Crippen LogP contribution is 2.28. The zero-order valence-corrected chi connectivity index (χ0v) is 17.7. The fraction of sp³-hybridized carbons (Fsp3) is 0.296. The van der Waals surface area contributed by atoms with Crippen molar-refractivity contribution in [3.8, 4) is 0 Å². The topological polar surface area (TPSA) is 32.3 Å². The maximum Gasteiger partial charge on any atom is 0.251 e. The Morgan fingerprint density at radius 1 is 0.933 bits per heavy atom. The van der Waals surface area contributed by atoms with E-state index in [0.717, 1.165) is 37.9 Å². The molecule has 0 radical (unpaired) electrons. The van der Waals surface area contributed by atoms with E-state index in [4.69, 9.17) is 0 Å². The van der Waals surface area contributed by atoms with Gasteiger partial charge in [0.1, 0.15) is 0 Å². The average Bonchev–Trinajstić information content (AvgIpc) is 2.79. The van der Waals surface area contributed by atoms with E-state index in [-0.39, 0.29) is 11.9 Å². The maximum absolute atomic E-state index is 12.6. The molecule has 4 rings (SSSR count). The molecule has 3 heteroatoms. The first-order valence-corrected chi connectivity index (χ1v) is 11.0. The minimum atomic E-state index is 0.00503. The molecule has 1 heterocycles. The molecular formula is C27H30N2O. The maximum atomic E-state index is 12.6. The van der Waals surface area contributed by atoms with Crippen LogP contribution in [0.5, 0.6) is 0 Å². The summed E-state index contributed by atoms with van der Waals surface area (Å²) >= 11 is 0. The van der Waals surface area contributed by atoms with Gasteiger partial charge in [-0.15, -0.1) is 0 Å². The molecule has 3 aromatic rings. The Labute approximate surface area is 179 Å². The molecule has 0 spiro atoms. The first-order valence-electron chi connectivity index (χ1n) is 11.0. The van der Waals surface area contributed by atoms with Gasteiger partial charge in [-0.25, -0.2) is 0 Å². The summed E-state index contributed by atoms with van der Waals surface area (Å²) in [7, 11) is 0. The Morgan fingerprint density at radius 3 is 2.47 bits per heavy atom. The van der Waals surface area contributed by atoms with Crippen molar-refractivity contribution in [2.75, 3.05) is 11.4 Å². The number of rotatable bonds is 7. The molecule has 0 aliphatic carbocycles. The van der Waals surface area contributed by atoms with Gasteiger partial charge >= 0.3 is 0 Å². The molecule has 0 unspecified atom stereocenters. The van der Waals surface area contributed by atoms with Crippen molar-refractivity contribution in [1.82, 2.24) is 5.32 Å². The van der Waals surface area contributed by atoms with Crippen LogP contribution >= 0.6 is 0 Å². The van der Waals surface area contributed by atoms with Crippen LogP contribution in [0.3, 0.4) is 0 Å². The third-order valence-corrected chi connectivity index (χ3v) is 5.88. The Morgan fingerprint density at radius 2 is 1.67 bits per heavy atom. The van der Waals surface area contributed by atoms with Crippen LogP contribution in [0.15, 0.2) is 78.9 Å². The van der Waals surface area contributed by atoms with Crippen LogP contribution < -0.4 is 10.2 Å². The van der Waals surface area contributed by atoms with Gasteiger partial charge in [-0.3, -0.25) is 4.79 Å². The average molecular weight is 399 g/mol. The third kappa shape index (κ3) is 5.10. The number of amides is 1. The molecule has 0 saturated heterocycles. The first-order chi connectivity index (χ1) is 14.7. The minimum absolute atomic E-state index is 0.00503. The lowest BCUT2D eigenvalue weighted by molar-refractivity contribution is 0.0938. The van der Waals surface area contributed by atoms with Gasteiger partial charge in [-0.1, -0.05) is 60.7 Å². The largest absolute Gasteiger partial charge is 0.367 e. The van der Waals surface area contributed by atoms with Crippen LogP contribution in [0, 0.1) is 0 Å². The molecule has 0 aromatic heterocycles. The lowest BCUT2D eigenvalue weighted by atomic mass is 10.0. The highest BCUT2D eigenvalue weighted by Gasteiger charge is 2.16. The van der Waals surface area contributed by atoms with Gasteiger partial charge in [0.15, 0.2) is 0 Å². The second-order valence-corrected chi connectivity index (χ2v) is 8.25. The SMILES string of the molecule is C[C@H](CCc1ccccc1)NC(=O)c1ccc(CN2CCCc3ccccc32)cc1. The van der Waals surface area contributed by atoms with Gasteiger partial charge in [-0.05, 0) is 67.5 Å². The summed E-state index contributed by atoms with van der Waals surface area (Å²) in [5.74, 6) is 0.00503. The van der Waals surface area contributed by atoms with E-state index in [0.29, 0.717) is 0 Å². The van der Waals surface area contributed by atoms with Crippen LogP contribution in [0.2, 0.25) is 0 Å². The van der Waals surface area contributed by atoms with Gasteiger partial charge < -0.3 is 10.2 Å². The molecular weight excluding hydrogens is 368 g/mol. The standard InChI is InChI=1S/C27H30N2O/c1-21(13-14-22-8-3-2-4-9-22)28-27(30)25-17-15-23(16-18-25)20-29-19-7-11-24-10-5-6-12-26(24)29/h2-6,8-10,12,15-18,21H,7,11,13-14,19-20H2,1H3,(H,28,30)/t21-/m1/s1. The molecule has 3 aromatic carbocycles. The molecule has 1 N–H and O–H groups in total. The molecule has 154 valence electrons. The van der Waals surface area contributed by atoms with Crippen molar-refractivity contribution in [2.45, 2.75) is 45.2 Å². The van der Waals surface area contributed by atoms with Crippen LogP contribution in [0.25, 0.3) is 0 Å². The fourth-order valence-corrected chi connectivity index (χ4v) is 4.16. The monoisotopic (exact) mass is 398 g/mol. The number of nitrogens with one attached hydrogen (secondary N) is 1. The highest BCUT2D eigenvalue weighted by atomic mass is 16.1. The Kier molecular flexibility index (Phi) is 6.48. The van der Waals surface area contributed by atoms with Crippen molar-refractivity contribution in [3.05, 3.63) is 101 Å². The Hall–Kier alpha value is -3.07. The zero-order chi connectivity index (χ0) is 20.8. The number of hydrogen-bond donors (Lipinski definition) is 1. The fourth-order valence-electron chi connectivity index (χ4n) is 4.16. The first kappa shape index (κ1) is 20.2. The number of aryl methyl sites for hydroxylation is 2. The van der Waals surface area contributed by atoms with Gasteiger partial charge in [0.25, 0.3) is 5.91 Å². The second-order valence-electron chi connectivity index (χ2n) is 8.25. The lowest BCUT2D eigenvalue weighted by Gasteiger charge is -2.31. The predicted molar refractivity (Wildman–Crippen MR) is 124 cm³/mol. The smallest absolute Gasteiger partial charge is 0.251 e. The van der Waals surface area contributed by atoms with Gasteiger partial charge in [-0.2, -0.15) is 0 Å². The summed E-state index contributed by atoms with van der Waals surface area (Å²) < 4.78 is 0. The van der Waals surface area contributed by atoms with E-state index in [2.05, 4.69) is 77.8 Å². The number of carbonyl (C=O) groups is 1. The Balaban J connectivity index is 1.31. The number of anilines is 1. The summed E-state index contributed by atoms with van der Waals surface area (Å²) in [5.41, 5.74) is 6.05. The number of para-hydroxylation sites is 1. The van der Waals surface area contributed by atoms with Gasteiger partial charge in [0.05, 0.1) is 0 Å². The van der Waals surface area contributed by atoms with E-state index in [1.807, 2.05) is 18.2 Å². The molecule has 1 atom stereocenters. The van der Waals surface area contributed by atoms with Crippen LogP contribution in [-0.4, -0.2) is 18.5 Å². The van der Waals surface area contributed by atoms with Crippen molar-refractivity contribution in [2.24, 2.45) is 0 Å². The molecule has 1 amide bonds.